The maximum absolute atomic E-state index is 13.3. The number of hydrogen-bond donors (Lipinski definition) is 2. The molecule has 1 aromatic carbocycles. The fraction of sp³-hybridized carbons (Fsp3) is 0.350. The molecule has 0 aliphatic heterocycles. The smallest absolute Gasteiger partial charge is 0.371 e. The molecule has 0 saturated heterocycles. The molecule has 1 amide bonds. The molecule has 7 nitrogen and oxygen atoms in total. The first-order chi connectivity index (χ1) is 13.5. The van der Waals surface area contributed by atoms with Gasteiger partial charge in [0.1, 0.15) is 5.76 Å². The van der Waals surface area contributed by atoms with Crippen LogP contribution < -0.4 is 0 Å². The van der Waals surface area contributed by atoms with Crippen LogP contribution in [0.2, 0.25) is 5.28 Å². The van der Waals surface area contributed by atoms with E-state index in [-0.39, 0.29) is 29.5 Å². The number of carboxylic acid groups (broad SMARTS) is 1. The number of amides is 1. The second-order valence-corrected chi connectivity index (χ2v) is 7.41. The molecule has 146 valence electrons. The Kier molecular flexibility index (Phi) is 5.09. The van der Waals surface area contributed by atoms with Crippen LogP contribution in [0.25, 0.3) is 11.0 Å². The van der Waals surface area contributed by atoms with Gasteiger partial charge in [0.2, 0.25) is 11.0 Å². The normalized spacial score (nSPS) is 15.0. The number of aromatic carboxylic acids is 1. The molecule has 0 atom stereocenters. The Hall–Kier alpha value is -2.80. The molecule has 2 aromatic heterocycles. The van der Waals surface area contributed by atoms with Gasteiger partial charge in [-0.15, -0.1) is 0 Å². The number of nitrogens with one attached hydrogen (secondary N) is 1. The molecule has 0 radical (unpaired) electrons. The number of imidazole rings is 1. The summed E-state index contributed by atoms with van der Waals surface area (Å²) in [5, 5.41) is 9.35. The molecule has 8 heteroatoms. The summed E-state index contributed by atoms with van der Waals surface area (Å²) in [6, 6.07) is 8.38. The van der Waals surface area contributed by atoms with E-state index in [0.717, 1.165) is 25.7 Å². The fourth-order valence-electron chi connectivity index (χ4n) is 3.78. The molecule has 1 aliphatic rings. The highest BCUT2D eigenvalue weighted by Gasteiger charge is 2.28. The molecule has 0 spiro atoms. The monoisotopic (exact) mass is 401 g/mol. The Balaban J connectivity index is 1.64. The molecule has 2 heterocycles. The fourth-order valence-corrected chi connectivity index (χ4v) is 3.98. The van der Waals surface area contributed by atoms with Crippen molar-refractivity contribution in [2.75, 3.05) is 0 Å². The van der Waals surface area contributed by atoms with Crippen LogP contribution in [0.3, 0.4) is 0 Å². The minimum atomic E-state index is -1.12. The predicted molar refractivity (Wildman–Crippen MR) is 104 cm³/mol. The van der Waals surface area contributed by atoms with Crippen LogP contribution in [-0.2, 0) is 6.54 Å². The van der Waals surface area contributed by atoms with Crippen molar-refractivity contribution in [3.8, 4) is 0 Å². The molecule has 1 saturated carbocycles. The summed E-state index contributed by atoms with van der Waals surface area (Å²) < 4.78 is 5.40. The number of fused-ring (bicyclic) bond motifs is 1. The number of benzene rings is 1. The maximum Gasteiger partial charge on any atom is 0.371 e. The topological polar surface area (TPSA) is 99.4 Å². The molecule has 1 aliphatic carbocycles. The Bertz CT molecular complexity index is 1020. The summed E-state index contributed by atoms with van der Waals surface area (Å²) in [6.45, 7) is 0.235. The van der Waals surface area contributed by atoms with E-state index >= 15 is 0 Å². The van der Waals surface area contributed by atoms with Gasteiger partial charge >= 0.3 is 5.97 Å². The van der Waals surface area contributed by atoms with Gasteiger partial charge in [0.15, 0.2) is 0 Å². The van der Waals surface area contributed by atoms with E-state index in [9.17, 15) is 9.59 Å². The van der Waals surface area contributed by atoms with Gasteiger partial charge in [-0.05, 0) is 54.8 Å². The number of rotatable bonds is 5. The highest BCUT2D eigenvalue weighted by Crippen LogP contribution is 2.27. The second-order valence-electron chi connectivity index (χ2n) is 7.06. The van der Waals surface area contributed by atoms with Crippen molar-refractivity contribution in [3.63, 3.8) is 0 Å². The Morgan fingerprint density at radius 2 is 2.00 bits per heavy atom. The Morgan fingerprint density at radius 1 is 1.21 bits per heavy atom. The molecular formula is C20H20ClN3O4. The molecule has 0 bridgehead atoms. The lowest BCUT2D eigenvalue weighted by molar-refractivity contribution is 0.0590. The van der Waals surface area contributed by atoms with Crippen LogP contribution in [-0.4, -0.2) is 37.9 Å². The SMILES string of the molecule is O=C(O)c1ccc(CN(C(=O)c2ccc3nc(Cl)[nH]c3c2)C2CCCCC2)o1. The van der Waals surface area contributed by atoms with Gasteiger partial charge in [-0.2, -0.15) is 0 Å². The number of hydrogen-bond acceptors (Lipinski definition) is 4. The number of aromatic nitrogens is 2. The minimum absolute atomic E-state index is 0.0979. The lowest BCUT2D eigenvalue weighted by atomic mass is 9.93. The van der Waals surface area contributed by atoms with E-state index in [1.165, 1.54) is 12.5 Å². The van der Waals surface area contributed by atoms with Gasteiger partial charge in [0.05, 0.1) is 17.6 Å². The first-order valence-electron chi connectivity index (χ1n) is 9.29. The number of carbonyl (C=O) groups excluding carboxylic acids is 1. The summed E-state index contributed by atoms with van der Waals surface area (Å²) >= 11 is 5.91. The van der Waals surface area contributed by atoms with Crippen molar-refractivity contribution in [2.24, 2.45) is 0 Å². The Morgan fingerprint density at radius 3 is 2.71 bits per heavy atom. The zero-order valence-corrected chi connectivity index (χ0v) is 15.9. The van der Waals surface area contributed by atoms with Crippen LogP contribution >= 0.6 is 11.6 Å². The quantitative estimate of drug-likeness (QED) is 0.656. The minimum Gasteiger partial charge on any atom is -0.475 e. The van der Waals surface area contributed by atoms with Crippen molar-refractivity contribution in [1.82, 2.24) is 14.9 Å². The van der Waals surface area contributed by atoms with Gasteiger partial charge in [0.25, 0.3) is 5.91 Å². The standard InChI is InChI=1S/C20H20ClN3O4/c21-20-22-15-8-6-12(10-16(15)23-20)18(25)24(13-4-2-1-3-5-13)11-14-7-9-17(28-14)19(26)27/h6-10,13H,1-5,11H2,(H,22,23)(H,26,27). The lowest BCUT2D eigenvalue weighted by Gasteiger charge is -2.34. The van der Waals surface area contributed by atoms with E-state index in [4.69, 9.17) is 21.1 Å². The van der Waals surface area contributed by atoms with E-state index in [0.29, 0.717) is 22.4 Å². The molecule has 4 rings (SSSR count). The van der Waals surface area contributed by atoms with Gasteiger partial charge in [-0.1, -0.05) is 19.3 Å². The summed E-state index contributed by atoms with van der Waals surface area (Å²) in [5.41, 5.74) is 1.93. The number of nitrogens with zero attached hydrogens (tertiary/aromatic N) is 2. The molecule has 28 heavy (non-hydrogen) atoms. The number of H-pyrrole nitrogens is 1. The van der Waals surface area contributed by atoms with E-state index in [1.807, 2.05) is 0 Å². The van der Waals surface area contributed by atoms with Gasteiger partial charge in [0, 0.05) is 11.6 Å². The third-order valence-corrected chi connectivity index (χ3v) is 5.35. The summed E-state index contributed by atoms with van der Waals surface area (Å²) in [7, 11) is 0. The summed E-state index contributed by atoms with van der Waals surface area (Å²) in [6.07, 6.45) is 5.16. The number of aromatic amines is 1. The first kappa shape index (κ1) is 18.6. The highest BCUT2D eigenvalue weighted by atomic mass is 35.5. The van der Waals surface area contributed by atoms with E-state index in [2.05, 4.69) is 9.97 Å². The number of furan rings is 1. The molecule has 1 fully saturated rings. The van der Waals surface area contributed by atoms with Crippen LogP contribution in [0.5, 0.6) is 0 Å². The van der Waals surface area contributed by atoms with E-state index in [1.54, 1.807) is 29.2 Å². The van der Waals surface area contributed by atoms with Crippen molar-refractivity contribution in [2.45, 2.75) is 44.7 Å². The third-order valence-electron chi connectivity index (χ3n) is 5.17. The largest absolute Gasteiger partial charge is 0.475 e. The number of carbonyl (C=O) groups is 2. The van der Waals surface area contributed by atoms with Crippen LogP contribution in [0.1, 0.15) is 58.8 Å². The summed E-state index contributed by atoms with van der Waals surface area (Å²) in [4.78, 5) is 33.3. The second kappa shape index (κ2) is 7.67. The molecule has 3 aromatic rings. The predicted octanol–water partition coefficient (Wildman–Crippen LogP) is 4.48. The summed E-state index contributed by atoms with van der Waals surface area (Å²) in [5.74, 6) is -0.905. The van der Waals surface area contributed by atoms with Crippen LogP contribution in [0.15, 0.2) is 34.7 Å². The van der Waals surface area contributed by atoms with E-state index < -0.39 is 5.97 Å². The van der Waals surface area contributed by atoms with Gasteiger partial charge in [-0.25, -0.2) is 9.78 Å². The maximum atomic E-state index is 13.3. The molecule has 2 N–H and O–H groups in total. The third kappa shape index (κ3) is 3.75. The van der Waals surface area contributed by atoms with Crippen molar-refractivity contribution < 1.29 is 19.1 Å². The zero-order valence-electron chi connectivity index (χ0n) is 15.2. The van der Waals surface area contributed by atoms with Crippen molar-refractivity contribution in [1.29, 1.82) is 0 Å². The average molecular weight is 402 g/mol. The number of carboxylic acids is 1. The number of halogens is 1. The van der Waals surface area contributed by atoms with Crippen molar-refractivity contribution in [3.05, 3.63) is 52.7 Å². The zero-order chi connectivity index (χ0) is 19.7. The van der Waals surface area contributed by atoms with Crippen LogP contribution in [0, 0.1) is 0 Å². The first-order valence-corrected chi connectivity index (χ1v) is 9.67. The van der Waals surface area contributed by atoms with Crippen molar-refractivity contribution >= 4 is 34.5 Å². The average Bonchev–Trinajstić information content (AvgIpc) is 3.31. The molecular weight excluding hydrogens is 382 g/mol. The Labute approximate surface area is 166 Å². The molecule has 0 unspecified atom stereocenters. The van der Waals surface area contributed by atoms with Gasteiger partial charge < -0.3 is 19.4 Å². The van der Waals surface area contributed by atoms with Gasteiger partial charge in [-0.3, -0.25) is 4.79 Å². The highest BCUT2D eigenvalue weighted by molar-refractivity contribution is 6.29. The van der Waals surface area contributed by atoms with Crippen LogP contribution in [0.4, 0.5) is 0 Å². The lowest BCUT2D eigenvalue weighted by Crippen LogP contribution is -2.40.